The van der Waals surface area contributed by atoms with Gasteiger partial charge in [-0.1, -0.05) is 42.5 Å². The number of nitrogens with one attached hydrogen (secondary N) is 1. The van der Waals surface area contributed by atoms with Crippen LogP contribution < -0.4 is 9.50 Å². The Morgan fingerprint density at radius 1 is 1.00 bits per heavy atom. The van der Waals surface area contributed by atoms with Crippen LogP contribution in [0, 0.1) is 5.92 Å². The van der Waals surface area contributed by atoms with Crippen molar-refractivity contribution in [3.8, 4) is 5.75 Å². The largest absolute Gasteiger partial charge is 0.463 e. The van der Waals surface area contributed by atoms with Gasteiger partial charge in [-0.05, 0) is 56.0 Å². The molecule has 0 heterocycles. The average Bonchev–Trinajstić information content (AvgIpc) is 2.62. The fourth-order valence-electron chi connectivity index (χ4n) is 2.97. The van der Waals surface area contributed by atoms with Crippen molar-refractivity contribution in [3.05, 3.63) is 65.7 Å². The average molecular weight is 420 g/mol. The molecule has 0 saturated carbocycles. The van der Waals surface area contributed by atoms with Crippen LogP contribution in [0.1, 0.15) is 31.4 Å². The Bertz CT molecular complexity index is 864. The standard InChI is InChI=1S/C22H29NO5S/c1-17(2)27-22(24)14-20(16-23-15-19-7-5-4-6-8-19)13-18-9-11-21(12-10-18)28-29(3,25)26/h4-12,17,20,23H,13-16H2,1-3H3. The highest BCUT2D eigenvalue weighted by Crippen LogP contribution is 2.18. The van der Waals surface area contributed by atoms with Crippen LogP contribution in [0.25, 0.3) is 0 Å². The molecule has 1 atom stereocenters. The summed E-state index contributed by atoms with van der Waals surface area (Å²) in [6, 6.07) is 16.9. The van der Waals surface area contributed by atoms with E-state index in [2.05, 4.69) is 17.4 Å². The van der Waals surface area contributed by atoms with E-state index in [0.717, 1.165) is 18.4 Å². The molecule has 0 bridgehead atoms. The number of rotatable bonds is 11. The van der Waals surface area contributed by atoms with Gasteiger partial charge in [-0.2, -0.15) is 8.42 Å². The summed E-state index contributed by atoms with van der Waals surface area (Å²) in [4.78, 5) is 12.2. The molecule has 0 aliphatic carbocycles. The molecule has 158 valence electrons. The molecule has 6 nitrogen and oxygen atoms in total. The number of hydrogen-bond acceptors (Lipinski definition) is 6. The lowest BCUT2D eigenvalue weighted by molar-refractivity contribution is -0.148. The molecule has 1 N–H and O–H groups in total. The molecule has 29 heavy (non-hydrogen) atoms. The van der Waals surface area contributed by atoms with E-state index in [1.54, 1.807) is 12.1 Å². The van der Waals surface area contributed by atoms with Crippen molar-refractivity contribution in [1.29, 1.82) is 0 Å². The highest BCUT2D eigenvalue weighted by molar-refractivity contribution is 7.86. The maximum Gasteiger partial charge on any atom is 0.306 e. The Hall–Kier alpha value is -2.38. The van der Waals surface area contributed by atoms with Gasteiger partial charge < -0.3 is 14.2 Å². The van der Waals surface area contributed by atoms with E-state index in [9.17, 15) is 13.2 Å². The molecule has 2 aromatic carbocycles. The smallest absolute Gasteiger partial charge is 0.306 e. The first-order chi connectivity index (χ1) is 13.7. The maximum atomic E-state index is 12.2. The zero-order valence-corrected chi connectivity index (χ0v) is 17.9. The normalized spacial score (nSPS) is 12.6. The minimum Gasteiger partial charge on any atom is -0.463 e. The van der Waals surface area contributed by atoms with E-state index in [1.807, 2.05) is 44.2 Å². The van der Waals surface area contributed by atoms with E-state index < -0.39 is 10.1 Å². The molecule has 1 unspecified atom stereocenters. The first-order valence-electron chi connectivity index (χ1n) is 9.64. The third kappa shape index (κ3) is 9.58. The Morgan fingerprint density at radius 3 is 2.24 bits per heavy atom. The number of hydrogen-bond donors (Lipinski definition) is 1. The summed E-state index contributed by atoms with van der Waals surface area (Å²) in [5.74, 6) is 0.101. The van der Waals surface area contributed by atoms with Gasteiger partial charge in [-0.25, -0.2) is 0 Å². The van der Waals surface area contributed by atoms with Crippen LogP contribution in [0.3, 0.4) is 0 Å². The van der Waals surface area contributed by atoms with Crippen molar-refractivity contribution in [2.75, 3.05) is 12.8 Å². The fourth-order valence-corrected chi connectivity index (χ4v) is 3.43. The Balaban J connectivity index is 1.98. The number of carbonyl (C=O) groups is 1. The molecular formula is C22H29NO5S. The second kappa shape index (κ2) is 11.0. The van der Waals surface area contributed by atoms with E-state index in [4.69, 9.17) is 8.92 Å². The monoisotopic (exact) mass is 419 g/mol. The molecule has 0 aliphatic heterocycles. The third-order valence-electron chi connectivity index (χ3n) is 4.12. The fraction of sp³-hybridized carbons (Fsp3) is 0.409. The van der Waals surface area contributed by atoms with Gasteiger partial charge in [0.15, 0.2) is 0 Å². The highest BCUT2D eigenvalue weighted by Gasteiger charge is 2.17. The van der Waals surface area contributed by atoms with Crippen molar-refractivity contribution in [2.45, 2.75) is 39.3 Å². The van der Waals surface area contributed by atoms with E-state index >= 15 is 0 Å². The molecule has 7 heteroatoms. The van der Waals surface area contributed by atoms with Crippen molar-refractivity contribution in [1.82, 2.24) is 5.32 Å². The van der Waals surface area contributed by atoms with Gasteiger partial charge in [0.2, 0.25) is 0 Å². The van der Waals surface area contributed by atoms with Crippen molar-refractivity contribution >= 4 is 16.1 Å². The van der Waals surface area contributed by atoms with Crippen LogP contribution in [0.15, 0.2) is 54.6 Å². The number of esters is 1. The highest BCUT2D eigenvalue weighted by atomic mass is 32.2. The second-order valence-electron chi connectivity index (χ2n) is 7.36. The van der Waals surface area contributed by atoms with E-state index in [0.29, 0.717) is 19.4 Å². The van der Waals surface area contributed by atoms with Gasteiger partial charge in [-0.15, -0.1) is 0 Å². The molecule has 0 fully saturated rings. The Morgan fingerprint density at radius 2 is 1.66 bits per heavy atom. The SMILES string of the molecule is CC(C)OC(=O)CC(CNCc1ccccc1)Cc1ccc(OS(C)(=O)=O)cc1. The third-order valence-corrected chi connectivity index (χ3v) is 4.62. The minimum atomic E-state index is -3.55. The summed E-state index contributed by atoms with van der Waals surface area (Å²) in [5, 5.41) is 3.41. The predicted octanol–water partition coefficient (Wildman–Crippen LogP) is 3.32. The topological polar surface area (TPSA) is 81.7 Å². The summed E-state index contributed by atoms with van der Waals surface area (Å²) in [6.45, 7) is 5.05. The molecule has 0 radical (unpaired) electrons. The van der Waals surface area contributed by atoms with Crippen molar-refractivity contribution in [3.63, 3.8) is 0 Å². The second-order valence-corrected chi connectivity index (χ2v) is 8.94. The Labute approximate surface area is 173 Å². The minimum absolute atomic E-state index is 0.0478. The molecular weight excluding hydrogens is 390 g/mol. The quantitative estimate of drug-likeness (QED) is 0.444. The first kappa shape index (κ1) is 22.9. The van der Waals surface area contributed by atoms with Crippen LogP contribution in [-0.2, 0) is 32.6 Å². The van der Waals surface area contributed by atoms with Crippen molar-refractivity contribution < 1.29 is 22.1 Å². The molecule has 0 saturated heterocycles. The van der Waals surface area contributed by atoms with Gasteiger partial charge in [-0.3, -0.25) is 4.79 Å². The molecule has 2 aromatic rings. The van der Waals surface area contributed by atoms with Crippen molar-refractivity contribution in [2.24, 2.45) is 5.92 Å². The van der Waals surface area contributed by atoms with Crippen LogP contribution in [0.5, 0.6) is 5.75 Å². The summed E-state index contributed by atoms with van der Waals surface area (Å²) < 4.78 is 32.6. The van der Waals surface area contributed by atoms with Gasteiger partial charge in [0.1, 0.15) is 5.75 Å². The van der Waals surface area contributed by atoms with E-state index in [1.165, 1.54) is 5.56 Å². The van der Waals surface area contributed by atoms with Gasteiger partial charge in [0.05, 0.1) is 12.4 Å². The van der Waals surface area contributed by atoms with Crippen LogP contribution in [0.4, 0.5) is 0 Å². The van der Waals surface area contributed by atoms with Gasteiger partial charge >= 0.3 is 16.1 Å². The summed E-state index contributed by atoms with van der Waals surface area (Å²) >= 11 is 0. The van der Waals surface area contributed by atoms with Gasteiger partial charge in [0.25, 0.3) is 0 Å². The molecule has 0 amide bonds. The molecule has 0 aromatic heterocycles. The molecule has 0 aliphatic rings. The lowest BCUT2D eigenvalue weighted by Gasteiger charge is -2.18. The van der Waals surface area contributed by atoms with Crippen LogP contribution in [0.2, 0.25) is 0 Å². The maximum absolute atomic E-state index is 12.2. The van der Waals surface area contributed by atoms with Gasteiger partial charge in [0, 0.05) is 13.0 Å². The summed E-state index contributed by atoms with van der Waals surface area (Å²) in [5.41, 5.74) is 2.17. The summed E-state index contributed by atoms with van der Waals surface area (Å²) in [7, 11) is -3.55. The number of carbonyl (C=O) groups excluding carboxylic acids is 1. The first-order valence-corrected chi connectivity index (χ1v) is 11.5. The molecule has 2 rings (SSSR count). The lowest BCUT2D eigenvalue weighted by Crippen LogP contribution is -2.27. The zero-order valence-electron chi connectivity index (χ0n) is 17.1. The zero-order chi connectivity index (χ0) is 21.3. The summed E-state index contributed by atoms with van der Waals surface area (Å²) in [6.07, 6.45) is 1.83. The predicted molar refractivity (Wildman–Crippen MR) is 113 cm³/mol. The van der Waals surface area contributed by atoms with Crippen LogP contribution >= 0.6 is 0 Å². The van der Waals surface area contributed by atoms with Crippen LogP contribution in [-0.4, -0.2) is 33.3 Å². The Kier molecular flexibility index (Phi) is 8.67. The molecule has 0 spiro atoms. The van der Waals surface area contributed by atoms with E-state index in [-0.39, 0.29) is 23.7 Å². The lowest BCUT2D eigenvalue weighted by atomic mass is 9.96. The number of ether oxygens (including phenoxy) is 1. The number of benzene rings is 2.